The van der Waals surface area contributed by atoms with E-state index in [1.807, 2.05) is 0 Å². The van der Waals surface area contributed by atoms with Crippen LogP contribution in [-0.2, 0) is 14.2 Å². The van der Waals surface area contributed by atoms with Gasteiger partial charge in [0.1, 0.15) is 6.10 Å². The molecule has 5 heteroatoms. The van der Waals surface area contributed by atoms with E-state index in [0.717, 1.165) is 38.5 Å². The van der Waals surface area contributed by atoms with Crippen LogP contribution >= 0.6 is 0 Å². The maximum Gasteiger partial charge on any atom is 0.341 e. The molecule has 0 N–H and O–H groups in total. The zero-order valence-corrected chi connectivity index (χ0v) is 17.0. The molecule has 0 bridgehead atoms. The molecule has 0 amide bonds. The number of cyclic esters (lactones) is 2. The van der Waals surface area contributed by atoms with Gasteiger partial charge in [-0.2, -0.15) is 0 Å². The summed E-state index contributed by atoms with van der Waals surface area (Å²) in [6.45, 7) is 2.18. The van der Waals surface area contributed by atoms with Gasteiger partial charge in [-0.25, -0.2) is 9.59 Å². The third kappa shape index (κ3) is 7.12. The topological polar surface area (TPSA) is 61.8 Å². The van der Waals surface area contributed by atoms with Gasteiger partial charge in [0.2, 0.25) is 6.29 Å². The van der Waals surface area contributed by atoms with E-state index in [1.165, 1.54) is 20.0 Å². The van der Waals surface area contributed by atoms with Gasteiger partial charge >= 0.3 is 11.9 Å². The second-order valence-electron chi connectivity index (χ2n) is 7.12. The monoisotopic (exact) mass is 388 g/mol. The second kappa shape index (κ2) is 12.3. The smallest absolute Gasteiger partial charge is 0.341 e. The van der Waals surface area contributed by atoms with Crippen molar-refractivity contribution in [3.63, 3.8) is 0 Å². The van der Waals surface area contributed by atoms with Gasteiger partial charge < -0.3 is 14.2 Å². The van der Waals surface area contributed by atoms with Crippen molar-refractivity contribution >= 4 is 11.9 Å². The number of unbranched alkanes of at least 4 members (excludes halogenated alkanes) is 3. The Kier molecular flexibility index (Phi) is 9.77. The van der Waals surface area contributed by atoms with Crippen LogP contribution in [0.25, 0.3) is 0 Å². The van der Waals surface area contributed by atoms with Crippen LogP contribution in [0.1, 0.15) is 85.4 Å². The third-order valence-corrected chi connectivity index (χ3v) is 4.91. The molecule has 0 radical (unpaired) electrons. The molecule has 154 valence electrons. The molecular weight excluding hydrogens is 356 g/mol. The van der Waals surface area contributed by atoms with E-state index in [-0.39, 0.29) is 17.2 Å². The lowest BCUT2D eigenvalue weighted by molar-refractivity contribution is -0.0926. The fourth-order valence-corrected chi connectivity index (χ4v) is 3.27. The first-order chi connectivity index (χ1) is 13.7. The molecule has 1 aromatic rings. The molecule has 0 aliphatic carbocycles. The summed E-state index contributed by atoms with van der Waals surface area (Å²) < 4.78 is 16.5. The van der Waals surface area contributed by atoms with E-state index in [0.29, 0.717) is 6.42 Å². The zero-order chi connectivity index (χ0) is 20.2. The van der Waals surface area contributed by atoms with Crippen LogP contribution in [0.3, 0.4) is 0 Å². The van der Waals surface area contributed by atoms with Crippen LogP contribution in [0.2, 0.25) is 0 Å². The first-order valence-electron chi connectivity index (χ1n) is 10.3. The summed E-state index contributed by atoms with van der Waals surface area (Å²) in [5.41, 5.74) is 0.459. The molecule has 0 aromatic heterocycles. The van der Waals surface area contributed by atoms with Gasteiger partial charge in [-0.1, -0.05) is 50.5 Å². The molecule has 0 saturated carbocycles. The van der Waals surface area contributed by atoms with Gasteiger partial charge in [-0.05, 0) is 44.2 Å². The highest BCUT2D eigenvalue weighted by Gasteiger charge is 2.24. The zero-order valence-electron chi connectivity index (χ0n) is 17.0. The number of carbonyl (C=O) groups is 2. The van der Waals surface area contributed by atoms with Gasteiger partial charge in [-0.3, -0.25) is 0 Å². The highest BCUT2D eigenvalue weighted by atomic mass is 16.7. The van der Waals surface area contributed by atoms with Gasteiger partial charge in [0.15, 0.2) is 0 Å². The number of esters is 2. The quantitative estimate of drug-likeness (QED) is 0.369. The minimum absolute atomic E-state index is 0.146. The Hall–Kier alpha value is -2.14. The van der Waals surface area contributed by atoms with Crippen molar-refractivity contribution in [2.45, 2.75) is 77.1 Å². The van der Waals surface area contributed by atoms with Crippen LogP contribution < -0.4 is 0 Å². The number of fused-ring (bicyclic) bond motifs is 1. The van der Waals surface area contributed by atoms with Crippen molar-refractivity contribution in [3.8, 4) is 0 Å². The summed E-state index contributed by atoms with van der Waals surface area (Å²) in [5.74, 6) is -1.04. The van der Waals surface area contributed by atoms with Crippen molar-refractivity contribution in [3.05, 3.63) is 47.5 Å². The van der Waals surface area contributed by atoms with E-state index < -0.39 is 18.2 Å². The van der Waals surface area contributed by atoms with Crippen molar-refractivity contribution in [2.24, 2.45) is 0 Å². The fourth-order valence-electron chi connectivity index (χ4n) is 3.27. The Bertz CT molecular complexity index is 652. The van der Waals surface area contributed by atoms with Crippen molar-refractivity contribution < 1.29 is 23.8 Å². The standard InChI is InChI=1S/C23H32O5/c1-3-4-5-8-13-18-14-9-6-7-10-17-21(26-2)28-23(25)20-16-12-11-15-19(20)22(24)27-18/h6-7,11-12,15-16,18,21H,3-5,8-10,13-14,17H2,1-2H3/b7-6-/t18-,21+/m1/s1. The largest absolute Gasteiger partial charge is 0.459 e. The number of hydrogen-bond acceptors (Lipinski definition) is 5. The number of methoxy groups -OCH3 is 1. The van der Waals surface area contributed by atoms with Crippen molar-refractivity contribution in [1.82, 2.24) is 0 Å². The van der Waals surface area contributed by atoms with Gasteiger partial charge in [0.25, 0.3) is 0 Å². The lowest BCUT2D eigenvalue weighted by Gasteiger charge is -2.20. The van der Waals surface area contributed by atoms with Crippen molar-refractivity contribution in [2.75, 3.05) is 7.11 Å². The maximum atomic E-state index is 12.8. The minimum Gasteiger partial charge on any atom is -0.459 e. The van der Waals surface area contributed by atoms with E-state index in [2.05, 4.69) is 19.1 Å². The molecule has 0 unspecified atom stereocenters. The van der Waals surface area contributed by atoms with E-state index >= 15 is 0 Å². The molecule has 1 aliphatic rings. The van der Waals surface area contributed by atoms with Gasteiger partial charge in [-0.15, -0.1) is 0 Å². The van der Waals surface area contributed by atoms with Crippen molar-refractivity contribution in [1.29, 1.82) is 0 Å². The molecule has 0 fully saturated rings. The van der Waals surface area contributed by atoms with Gasteiger partial charge in [0.05, 0.1) is 11.1 Å². The first-order valence-corrected chi connectivity index (χ1v) is 10.3. The molecule has 28 heavy (non-hydrogen) atoms. The number of benzene rings is 1. The average molecular weight is 389 g/mol. The highest BCUT2D eigenvalue weighted by molar-refractivity contribution is 6.03. The molecule has 2 atom stereocenters. The predicted octanol–water partition coefficient (Wildman–Crippen LogP) is 5.44. The van der Waals surface area contributed by atoms with Crippen LogP contribution in [0.5, 0.6) is 0 Å². The average Bonchev–Trinajstić information content (AvgIpc) is 2.71. The number of hydrogen-bond donors (Lipinski definition) is 0. The minimum atomic E-state index is -0.643. The molecular formula is C23H32O5. The predicted molar refractivity (Wildman–Crippen MR) is 108 cm³/mol. The Morgan fingerprint density at radius 2 is 1.57 bits per heavy atom. The Balaban J connectivity index is 2.18. The molecule has 2 rings (SSSR count). The molecule has 0 saturated heterocycles. The number of ether oxygens (including phenoxy) is 3. The van der Waals surface area contributed by atoms with Crippen LogP contribution in [-0.4, -0.2) is 31.4 Å². The van der Waals surface area contributed by atoms with Crippen LogP contribution in [0, 0.1) is 0 Å². The summed E-state index contributed by atoms with van der Waals surface area (Å²) in [4.78, 5) is 25.4. The molecule has 1 aromatic carbocycles. The van der Waals surface area contributed by atoms with E-state index in [1.54, 1.807) is 24.3 Å². The second-order valence-corrected chi connectivity index (χ2v) is 7.12. The molecule has 1 heterocycles. The molecule has 1 aliphatic heterocycles. The molecule has 5 nitrogen and oxygen atoms in total. The SMILES string of the molecule is CCCCCC[C@@H]1CC/C=C\CC[C@@H](OC)OC(=O)c2ccccc2C(=O)O1. The summed E-state index contributed by atoms with van der Waals surface area (Å²) >= 11 is 0. The lowest BCUT2D eigenvalue weighted by atomic mass is 10.0. The number of rotatable bonds is 6. The summed E-state index contributed by atoms with van der Waals surface area (Å²) in [5, 5.41) is 0. The Labute approximate surface area is 168 Å². The Morgan fingerprint density at radius 1 is 0.929 bits per heavy atom. The lowest BCUT2D eigenvalue weighted by Crippen LogP contribution is -2.24. The summed E-state index contributed by atoms with van der Waals surface area (Å²) in [7, 11) is 1.51. The van der Waals surface area contributed by atoms with E-state index in [4.69, 9.17) is 14.2 Å². The third-order valence-electron chi connectivity index (χ3n) is 4.91. The Morgan fingerprint density at radius 3 is 2.21 bits per heavy atom. The van der Waals surface area contributed by atoms with E-state index in [9.17, 15) is 9.59 Å². The number of allylic oxidation sites excluding steroid dienone is 2. The summed E-state index contributed by atoms with van der Waals surface area (Å²) in [6, 6.07) is 6.64. The normalized spacial score (nSPS) is 22.5. The molecule has 0 spiro atoms. The van der Waals surface area contributed by atoms with Gasteiger partial charge in [0, 0.05) is 13.5 Å². The highest BCUT2D eigenvalue weighted by Crippen LogP contribution is 2.20. The first kappa shape index (κ1) is 22.2. The fraction of sp³-hybridized carbons (Fsp3) is 0.565. The van der Waals surface area contributed by atoms with Crippen LogP contribution in [0.4, 0.5) is 0 Å². The maximum absolute atomic E-state index is 12.8. The summed E-state index contributed by atoms with van der Waals surface area (Å²) in [6.07, 6.45) is 11.7. The van der Waals surface area contributed by atoms with Crippen LogP contribution in [0.15, 0.2) is 36.4 Å². The number of carbonyl (C=O) groups excluding carboxylic acids is 2.